The highest BCUT2D eigenvalue weighted by Gasteiger charge is 2.06. The first-order valence-corrected chi connectivity index (χ1v) is 9.76. The first-order chi connectivity index (χ1) is 12.5. The van der Waals surface area contributed by atoms with E-state index in [9.17, 15) is 4.39 Å². The predicted molar refractivity (Wildman–Crippen MR) is 109 cm³/mol. The van der Waals surface area contributed by atoms with Crippen molar-refractivity contribution in [2.45, 2.75) is 18.8 Å². The Bertz CT molecular complexity index is 748. The molecule has 0 aliphatic heterocycles. The minimum absolute atomic E-state index is 0.199. The van der Waals surface area contributed by atoms with Crippen LogP contribution in [0, 0.1) is 5.82 Å². The Hall–Kier alpha value is -2.28. The largest absolute Gasteiger partial charge is 0.363 e. The Morgan fingerprint density at radius 3 is 2.62 bits per heavy atom. The van der Waals surface area contributed by atoms with Crippen molar-refractivity contribution in [1.82, 2.24) is 15.6 Å². The fourth-order valence-electron chi connectivity index (χ4n) is 2.46. The van der Waals surface area contributed by atoms with Crippen LogP contribution in [-0.2, 0) is 18.8 Å². The minimum Gasteiger partial charge on any atom is -0.363 e. The monoisotopic (exact) mass is 375 g/mol. The molecule has 140 valence electrons. The first kappa shape index (κ1) is 20.0. The van der Waals surface area contributed by atoms with Crippen molar-refractivity contribution in [1.29, 1.82) is 0 Å². The zero-order valence-electron chi connectivity index (χ0n) is 15.7. The van der Waals surface area contributed by atoms with E-state index in [4.69, 9.17) is 0 Å². The molecule has 2 rings (SSSR count). The zero-order chi connectivity index (χ0) is 18.9. The van der Waals surface area contributed by atoms with E-state index in [1.807, 2.05) is 43.5 Å². The predicted octanol–water partition coefficient (Wildman–Crippen LogP) is 3.01. The van der Waals surface area contributed by atoms with E-state index in [1.165, 1.54) is 6.07 Å². The number of thioether (sulfide) groups is 1. The molecule has 0 atom stereocenters. The van der Waals surface area contributed by atoms with E-state index >= 15 is 0 Å². The maximum Gasteiger partial charge on any atom is 0.191 e. The van der Waals surface area contributed by atoms with Gasteiger partial charge in [-0.05, 0) is 47.2 Å². The van der Waals surface area contributed by atoms with Crippen molar-refractivity contribution < 1.29 is 4.39 Å². The number of halogens is 1. The SMILES string of the molecule is CN=C(NCc1ccnc(N(C)C)c1)NCc1ccc(F)cc1CSC. The van der Waals surface area contributed by atoms with Crippen molar-refractivity contribution in [2.24, 2.45) is 4.99 Å². The van der Waals surface area contributed by atoms with E-state index in [2.05, 4.69) is 20.6 Å². The number of aliphatic imine (C=N–C) groups is 1. The van der Waals surface area contributed by atoms with Crippen LogP contribution in [0.25, 0.3) is 0 Å². The number of anilines is 1. The second-order valence-corrected chi connectivity index (χ2v) is 6.91. The van der Waals surface area contributed by atoms with Crippen LogP contribution in [0.2, 0.25) is 0 Å². The summed E-state index contributed by atoms with van der Waals surface area (Å²) >= 11 is 1.68. The van der Waals surface area contributed by atoms with Crippen molar-refractivity contribution in [3.8, 4) is 0 Å². The fourth-order valence-corrected chi connectivity index (χ4v) is 3.04. The Kier molecular flexibility index (Phi) is 7.72. The van der Waals surface area contributed by atoms with Gasteiger partial charge in [-0.3, -0.25) is 4.99 Å². The number of aromatic nitrogens is 1. The number of hydrogen-bond donors (Lipinski definition) is 2. The highest BCUT2D eigenvalue weighted by atomic mass is 32.2. The maximum atomic E-state index is 13.5. The lowest BCUT2D eigenvalue weighted by Gasteiger charge is -2.15. The van der Waals surface area contributed by atoms with Gasteiger partial charge in [0.15, 0.2) is 5.96 Å². The molecule has 7 heteroatoms. The van der Waals surface area contributed by atoms with Crippen LogP contribution < -0.4 is 15.5 Å². The summed E-state index contributed by atoms with van der Waals surface area (Å²) in [5.41, 5.74) is 3.20. The third-order valence-electron chi connectivity index (χ3n) is 3.87. The molecule has 0 saturated carbocycles. The molecule has 0 bridgehead atoms. The van der Waals surface area contributed by atoms with Gasteiger partial charge in [-0.2, -0.15) is 11.8 Å². The van der Waals surface area contributed by atoms with E-state index < -0.39 is 0 Å². The summed E-state index contributed by atoms with van der Waals surface area (Å²) in [6.45, 7) is 1.24. The van der Waals surface area contributed by atoms with Gasteiger partial charge in [0.05, 0.1) is 0 Å². The average Bonchev–Trinajstić information content (AvgIpc) is 2.63. The smallest absolute Gasteiger partial charge is 0.191 e. The van der Waals surface area contributed by atoms with Crippen LogP contribution in [0.3, 0.4) is 0 Å². The van der Waals surface area contributed by atoms with Crippen LogP contribution in [0.5, 0.6) is 0 Å². The summed E-state index contributed by atoms with van der Waals surface area (Å²) in [6.07, 6.45) is 3.81. The van der Waals surface area contributed by atoms with Gasteiger partial charge in [0.25, 0.3) is 0 Å². The summed E-state index contributed by atoms with van der Waals surface area (Å²) in [4.78, 5) is 10.5. The van der Waals surface area contributed by atoms with Gasteiger partial charge in [-0.1, -0.05) is 6.07 Å². The molecule has 0 aliphatic rings. The molecular formula is C19H26FN5S. The Morgan fingerprint density at radius 2 is 1.92 bits per heavy atom. The van der Waals surface area contributed by atoms with E-state index in [-0.39, 0.29) is 5.82 Å². The fraction of sp³-hybridized carbons (Fsp3) is 0.368. The van der Waals surface area contributed by atoms with Crippen LogP contribution in [0.1, 0.15) is 16.7 Å². The molecule has 1 heterocycles. The molecule has 5 nitrogen and oxygen atoms in total. The van der Waals surface area contributed by atoms with Gasteiger partial charge in [-0.15, -0.1) is 0 Å². The molecule has 0 amide bonds. The van der Waals surface area contributed by atoms with Gasteiger partial charge < -0.3 is 15.5 Å². The zero-order valence-corrected chi connectivity index (χ0v) is 16.5. The van der Waals surface area contributed by atoms with Crippen molar-refractivity contribution >= 4 is 23.5 Å². The highest BCUT2D eigenvalue weighted by Crippen LogP contribution is 2.16. The molecule has 0 radical (unpaired) electrons. The van der Waals surface area contributed by atoms with Crippen LogP contribution in [0.4, 0.5) is 10.2 Å². The summed E-state index contributed by atoms with van der Waals surface area (Å²) in [5.74, 6) is 2.20. The van der Waals surface area contributed by atoms with Crippen molar-refractivity contribution in [3.63, 3.8) is 0 Å². The van der Waals surface area contributed by atoms with Crippen LogP contribution >= 0.6 is 11.8 Å². The van der Waals surface area contributed by atoms with E-state index in [1.54, 1.807) is 31.1 Å². The quantitative estimate of drug-likeness (QED) is 0.576. The third kappa shape index (κ3) is 5.91. The van der Waals surface area contributed by atoms with Gasteiger partial charge in [0.1, 0.15) is 11.6 Å². The molecule has 1 aromatic heterocycles. The number of pyridine rings is 1. The van der Waals surface area contributed by atoms with Gasteiger partial charge in [-0.25, -0.2) is 9.37 Å². The number of nitrogens with zero attached hydrogens (tertiary/aromatic N) is 3. The van der Waals surface area contributed by atoms with Gasteiger partial charge >= 0.3 is 0 Å². The minimum atomic E-state index is -0.199. The average molecular weight is 376 g/mol. The molecule has 0 saturated heterocycles. The molecule has 0 unspecified atom stereocenters. The van der Waals surface area contributed by atoms with Crippen molar-refractivity contribution in [3.05, 3.63) is 59.0 Å². The lowest BCUT2D eigenvalue weighted by atomic mass is 10.1. The summed E-state index contributed by atoms with van der Waals surface area (Å²) < 4.78 is 13.5. The number of guanidine groups is 1. The van der Waals surface area contributed by atoms with Crippen molar-refractivity contribution in [2.75, 3.05) is 32.3 Å². The van der Waals surface area contributed by atoms with Gasteiger partial charge in [0, 0.05) is 46.2 Å². The second kappa shape index (κ2) is 10.0. The molecule has 0 aliphatic carbocycles. The molecule has 2 aromatic rings. The summed E-state index contributed by atoms with van der Waals surface area (Å²) in [6, 6.07) is 8.94. The highest BCUT2D eigenvalue weighted by molar-refractivity contribution is 7.97. The summed E-state index contributed by atoms with van der Waals surface area (Å²) in [5, 5.41) is 6.59. The molecular weight excluding hydrogens is 349 g/mol. The Labute approximate surface area is 159 Å². The normalized spacial score (nSPS) is 11.3. The number of hydrogen-bond acceptors (Lipinski definition) is 4. The van der Waals surface area contributed by atoms with E-state index in [0.717, 1.165) is 28.3 Å². The molecule has 0 spiro atoms. The Morgan fingerprint density at radius 1 is 1.15 bits per heavy atom. The number of rotatable bonds is 7. The molecule has 26 heavy (non-hydrogen) atoms. The third-order valence-corrected chi connectivity index (χ3v) is 4.47. The van der Waals surface area contributed by atoms with Gasteiger partial charge in [0.2, 0.25) is 0 Å². The maximum absolute atomic E-state index is 13.5. The lowest BCUT2D eigenvalue weighted by Crippen LogP contribution is -2.36. The topological polar surface area (TPSA) is 52.6 Å². The summed E-state index contributed by atoms with van der Waals surface area (Å²) in [7, 11) is 5.67. The second-order valence-electron chi connectivity index (χ2n) is 6.04. The van der Waals surface area contributed by atoms with Crippen LogP contribution in [0.15, 0.2) is 41.5 Å². The molecule has 1 aromatic carbocycles. The number of nitrogens with one attached hydrogen (secondary N) is 2. The lowest BCUT2D eigenvalue weighted by molar-refractivity contribution is 0.625. The molecule has 2 N–H and O–H groups in total. The molecule has 0 fully saturated rings. The standard InChI is InChI=1S/C19H26FN5S/c1-21-19(23-11-14-7-8-22-18(9-14)25(2)3)24-12-15-5-6-17(20)10-16(15)13-26-4/h5-10H,11-13H2,1-4H3,(H2,21,23,24). The van der Waals surface area contributed by atoms with E-state index in [0.29, 0.717) is 19.0 Å². The first-order valence-electron chi connectivity index (χ1n) is 8.36. The van der Waals surface area contributed by atoms with Crippen LogP contribution in [-0.4, -0.2) is 38.3 Å². The number of benzene rings is 1. The Balaban J connectivity index is 1.95.